The molecule has 0 spiro atoms. The summed E-state index contributed by atoms with van der Waals surface area (Å²) >= 11 is 0. The lowest BCUT2D eigenvalue weighted by Gasteiger charge is -2.08. The zero-order valence-electron chi connectivity index (χ0n) is 14.5. The first kappa shape index (κ1) is 14.7. The molecular weight excluding hydrogens is 331 g/mol. The number of fused-ring (bicyclic) bond motifs is 5. The fraction of sp³-hybridized carbons (Fsp3) is 0. The molecule has 6 aromatic rings. The smallest absolute Gasteiger partial charge is 0.131 e. The van der Waals surface area contributed by atoms with E-state index in [-0.39, 0.29) is 5.82 Å². The van der Waals surface area contributed by atoms with Gasteiger partial charge in [0.25, 0.3) is 0 Å². The Morgan fingerprint density at radius 3 is 1.33 bits per heavy atom. The van der Waals surface area contributed by atoms with E-state index >= 15 is 0 Å². The fourth-order valence-corrected chi connectivity index (χ4v) is 4.18. The molecule has 0 heterocycles. The van der Waals surface area contributed by atoms with Crippen molar-refractivity contribution < 1.29 is 4.39 Å². The Morgan fingerprint density at radius 2 is 0.778 bits per heavy atom. The lowest BCUT2D eigenvalue weighted by molar-refractivity contribution is 0.640. The molecule has 0 saturated heterocycles. The molecule has 0 aliphatic rings. The minimum atomic E-state index is -0.167. The zero-order chi connectivity index (χ0) is 18.0. The van der Waals surface area contributed by atoms with Crippen molar-refractivity contribution in [2.24, 2.45) is 0 Å². The van der Waals surface area contributed by atoms with Crippen LogP contribution in [-0.2, 0) is 0 Å². The van der Waals surface area contributed by atoms with Crippen LogP contribution in [0.3, 0.4) is 0 Å². The molecule has 0 aromatic heterocycles. The van der Waals surface area contributed by atoms with Gasteiger partial charge >= 0.3 is 0 Å². The monoisotopic (exact) mass is 346 g/mol. The molecule has 126 valence electrons. The predicted molar refractivity (Wildman–Crippen MR) is 114 cm³/mol. The summed E-state index contributed by atoms with van der Waals surface area (Å²) in [4.78, 5) is 0. The summed E-state index contributed by atoms with van der Waals surface area (Å²) in [6.45, 7) is 0. The normalized spacial score (nSPS) is 11.9. The fourth-order valence-electron chi connectivity index (χ4n) is 4.18. The maximum absolute atomic E-state index is 14.2. The van der Waals surface area contributed by atoms with Gasteiger partial charge in [0, 0.05) is 5.39 Å². The first-order chi connectivity index (χ1) is 13.2. The van der Waals surface area contributed by atoms with Crippen molar-refractivity contribution >= 4 is 53.9 Å². The second-order valence-corrected chi connectivity index (χ2v) is 7.26. The SMILES string of the molecule is Fc1cccc2cc3cc4cc5cc6ccccc6cc5cc4cc3cc12. The molecule has 0 bridgehead atoms. The van der Waals surface area contributed by atoms with Crippen LogP contribution < -0.4 is 0 Å². The lowest BCUT2D eigenvalue weighted by Crippen LogP contribution is -1.83. The third kappa shape index (κ3) is 2.22. The summed E-state index contributed by atoms with van der Waals surface area (Å²) in [5.41, 5.74) is 0. The molecule has 0 N–H and O–H groups in total. The molecule has 0 aliphatic carbocycles. The molecular formula is C26H15F. The highest BCUT2D eigenvalue weighted by Gasteiger charge is 2.06. The Balaban J connectivity index is 1.71. The highest BCUT2D eigenvalue weighted by molar-refractivity contribution is 6.10. The van der Waals surface area contributed by atoms with Crippen molar-refractivity contribution in [3.8, 4) is 0 Å². The molecule has 6 rings (SSSR count). The summed E-state index contributed by atoms with van der Waals surface area (Å²) in [5.74, 6) is -0.167. The van der Waals surface area contributed by atoms with Crippen LogP contribution in [0.5, 0.6) is 0 Å². The molecule has 0 radical (unpaired) electrons. The largest absolute Gasteiger partial charge is 0.206 e. The molecule has 0 fully saturated rings. The minimum absolute atomic E-state index is 0.167. The van der Waals surface area contributed by atoms with E-state index in [1.54, 1.807) is 6.07 Å². The van der Waals surface area contributed by atoms with Gasteiger partial charge in [-0.2, -0.15) is 0 Å². The van der Waals surface area contributed by atoms with E-state index in [2.05, 4.69) is 66.7 Å². The van der Waals surface area contributed by atoms with Crippen molar-refractivity contribution in [1.82, 2.24) is 0 Å². The van der Waals surface area contributed by atoms with Crippen LogP contribution in [0.15, 0.2) is 91.0 Å². The third-order valence-electron chi connectivity index (χ3n) is 5.56. The van der Waals surface area contributed by atoms with E-state index in [0.717, 1.165) is 16.2 Å². The quantitative estimate of drug-likeness (QED) is 0.248. The Hall–Kier alpha value is -3.45. The van der Waals surface area contributed by atoms with E-state index < -0.39 is 0 Å². The standard InChI is InChI=1S/C26H15F/c27-26-7-3-6-18-10-21-13-22-11-19-8-16-4-1-2-5-17(16)9-20(19)12-23(22)14-24(21)15-25(18)26/h1-15H. The van der Waals surface area contributed by atoms with Gasteiger partial charge in [-0.05, 0) is 103 Å². The Labute approximate surface area is 155 Å². The lowest BCUT2D eigenvalue weighted by atomic mass is 9.96. The Morgan fingerprint density at radius 1 is 0.370 bits per heavy atom. The third-order valence-corrected chi connectivity index (χ3v) is 5.56. The summed E-state index contributed by atoms with van der Waals surface area (Å²) in [5, 5.41) is 11.2. The number of rotatable bonds is 0. The summed E-state index contributed by atoms with van der Waals surface area (Å²) in [6, 6.07) is 31.1. The van der Waals surface area contributed by atoms with E-state index in [4.69, 9.17) is 0 Å². The first-order valence-electron chi connectivity index (χ1n) is 9.13. The van der Waals surface area contributed by atoms with Crippen LogP contribution in [-0.4, -0.2) is 0 Å². The summed E-state index contributed by atoms with van der Waals surface area (Å²) < 4.78 is 14.2. The van der Waals surface area contributed by atoms with E-state index in [0.29, 0.717) is 5.39 Å². The topological polar surface area (TPSA) is 0 Å². The van der Waals surface area contributed by atoms with Gasteiger partial charge in [-0.3, -0.25) is 0 Å². The second kappa shape index (κ2) is 5.28. The average Bonchev–Trinajstić information content (AvgIpc) is 2.68. The highest BCUT2D eigenvalue weighted by atomic mass is 19.1. The van der Waals surface area contributed by atoms with Crippen LogP contribution in [0, 0.1) is 5.82 Å². The van der Waals surface area contributed by atoms with Crippen molar-refractivity contribution in [3.63, 3.8) is 0 Å². The van der Waals surface area contributed by atoms with E-state index in [1.165, 1.54) is 38.4 Å². The van der Waals surface area contributed by atoms with E-state index in [9.17, 15) is 4.39 Å². The molecule has 0 aliphatic heterocycles. The number of halogens is 1. The molecule has 6 aromatic carbocycles. The Bertz CT molecular complexity index is 1530. The minimum Gasteiger partial charge on any atom is -0.206 e. The van der Waals surface area contributed by atoms with Gasteiger partial charge in [0.05, 0.1) is 0 Å². The van der Waals surface area contributed by atoms with Crippen molar-refractivity contribution in [2.45, 2.75) is 0 Å². The van der Waals surface area contributed by atoms with Gasteiger partial charge in [-0.15, -0.1) is 0 Å². The van der Waals surface area contributed by atoms with Crippen LogP contribution in [0.1, 0.15) is 0 Å². The van der Waals surface area contributed by atoms with Gasteiger partial charge in [0.2, 0.25) is 0 Å². The van der Waals surface area contributed by atoms with Gasteiger partial charge < -0.3 is 0 Å². The zero-order valence-corrected chi connectivity index (χ0v) is 14.5. The number of benzene rings is 6. The predicted octanol–water partition coefficient (Wildman–Crippen LogP) is 7.59. The molecule has 27 heavy (non-hydrogen) atoms. The van der Waals surface area contributed by atoms with Crippen molar-refractivity contribution in [1.29, 1.82) is 0 Å². The number of hydrogen-bond donors (Lipinski definition) is 0. The van der Waals surface area contributed by atoms with Gasteiger partial charge in [0.1, 0.15) is 5.82 Å². The van der Waals surface area contributed by atoms with Crippen LogP contribution in [0.2, 0.25) is 0 Å². The van der Waals surface area contributed by atoms with Crippen molar-refractivity contribution in [3.05, 3.63) is 96.8 Å². The van der Waals surface area contributed by atoms with Crippen LogP contribution >= 0.6 is 0 Å². The molecule has 1 heteroatoms. The number of hydrogen-bond acceptors (Lipinski definition) is 0. The van der Waals surface area contributed by atoms with E-state index in [1.807, 2.05) is 12.1 Å². The second-order valence-electron chi connectivity index (χ2n) is 7.26. The molecule has 0 nitrogen and oxygen atoms in total. The van der Waals surface area contributed by atoms with Crippen LogP contribution in [0.25, 0.3) is 53.9 Å². The van der Waals surface area contributed by atoms with Gasteiger partial charge in [-0.25, -0.2) is 4.39 Å². The molecule has 0 unspecified atom stereocenters. The average molecular weight is 346 g/mol. The molecule has 0 atom stereocenters. The van der Waals surface area contributed by atoms with Crippen molar-refractivity contribution in [2.75, 3.05) is 0 Å². The maximum Gasteiger partial charge on any atom is 0.131 e. The first-order valence-corrected chi connectivity index (χ1v) is 9.13. The van der Waals surface area contributed by atoms with Gasteiger partial charge in [-0.1, -0.05) is 36.4 Å². The molecule has 0 amide bonds. The van der Waals surface area contributed by atoms with Gasteiger partial charge in [0.15, 0.2) is 0 Å². The highest BCUT2D eigenvalue weighted by Crippen LogP contribution is 2.32. The summed E-state index contributed by atoms with van der Waals surface area (Å²) in [7, 11) is 0. The summed E-state index contributed by atoms with van der Waals surface area (Å²) in [6.07, 6.45) is 0. The Kier molecular flexibility index (Phi) is 2.87. The molecule has 0 saturated carbocycles. The maximum atomic E-state index is 14.2. The van der Waals surface area contributed by atoms with Crippen LogP contribution in [0.4, 0.5) is 4.39 Å².